The van der Waals surface area contributed by atoms with E-state index in [1.54, 1.807) is 0 Å². The number of unbranched alkanes of at least 4 members (excludes halogenated alkanes) is 2. The van der Waals surface area contributed by atoms with Gasteiger partial charge in [-0.1, -0.05) is 139 Å². The molecule has 0 saturated carbocycles. The maximum atomic E-state index is 12.0. The molecule has 39 heavy (non-hydrogen) atoms. The summed E-state index contributed by atoms with van der Waals surface area (Å²) in [6.07, 6.45) is 8.30. The van der Waals surface area contributed by atoms with Gasteiger partial charge in [0, 0.05) is 22.7 Å². The Kier molecular flexibility index (Phi) is 10.5. The van der Waals surface area contributed by atoms with E-state index in [2.05, 4.69) is 98.8 Å². The van der Waals surface area contributed by atoms with E-state index >= 15 is 0 Å². The second kappa shape index (κ2) is 14.2. The largest absolute Gasteiger partial charge is 0.496 e. The van der Waals surface area contributed by atoms with Crippen molar-refractivity contribution < 1.29 is 9.53 Å². The number of rotatable bonds is 14. The summed E-state index contributed by atoms with van der Waals surface area (Å²) >= 11 is 0. The smallest absolute Gasteiger partial charge is 0.150 e. The van der Waals surface area contributed by atoms with Gasteiger partial charge in [-0.25, -0.2) is 0 Å². The van der Waals surface area contributed by atoms with Gasteiger partial charge in [-0.15, -0.1) is 0 Å². The quantitative estimate of drug-likeness (QED) is 0.0914. The van der Waals surface area contributed by atoms with E-state index in [-0.39, 0.29) is 5.16 Å². The maximum absolute atomic E-state index is 12.0. The normalized spacial score (nSPS) is 12.9. The number of methoxy groups -OCH3 is 1. The third kappa shape index (κ3) is 7.25. The van der Waals surface area contributed by atoms with Crippen molar-refractivity contribution in [3.05, 3.63) is 130 Å². The van der Waals surface area contributed by atoms with Crippen LogP contribution < -0.4 is 10.0 Å². The molecule has 0 N–H and O–H groups in total. The fourth-order valence-corrected chi connectivity index (χ4v) is 7.38. The Morgan fingerprint density at radius 3 is 2.03 bits per heavy atom. The van der Waals surface area contributed by atoms with Crippen molar-refractivity contribution in [3.63, 3.8) is 0 Å². The summed E-state index contributed by atoms with van der Waals surface area (Å²) in [6.45, 7) is 4.57. The van der Waals surface area contributed by atoms with E-state index in [0.29, 0.717) is 8.58 Å². The van der Waals surface area contributed by atoms with E-state index in [9.17, 15) is 4.79 Å². The highest BCUT2D eigenvalue weighted by molar-refractivity contribution is 7.48. The zero-order valence-corrected chi connectivity index (χ0v) is 24.6. The van der Waals surface area contributed by atoms with Crippen LogP contribution in [0.4, 0.5) is 0 Å². The number of benzene rings is 4. The second-order valence-corrected chi connectivity index (χ2v) is 12.1. The van der Waals surface area contributed by atoms with Gasteiger partial charge in [0.2, 0.25) is 0 Å². The third-order valence-corrected chi connectivity index (χ3v) is 9.78. The topological polar surface area (TPSA) is 26.3 Å². The lowest BCUT2D eigenvalue weighted by Crippen LogP contribution is -2.25. The van der Waals surface area contributed by atoms with Crippen LogP contribution in [0.15, 0.2) is 97.1 Å². The minimum absolute atomic E-state index is 0.113. The highest BCUT2D eigenvalue weighted by Gasteiger charge is 2.35. The van der Waals surface area contributed by atoms with Crippen molar-refractivity contribution in [1.29, 1.82) is 0 Å². The first kappa shape index (κ1) is 28.8. The molecule has 0 heterocycles. The summed E-state index contributed by atoms with van der Waals surface area (Å²) in [6, 6.07) is 34.2. The molecule has 0 aliphatic carbocycles. The van der Waals surface area contributed by atoms with Crippen LogP contribution >= 0.6 is 8.58 Å². The molecule has 2 unspecified atom stereocenters. The molecule has 0 radical (unpaired) electrons. The van der Waals surface area contributed by atoms with Gasteiger partial charge < -0.3 is 4.74 Å². The van der Waals surface area contributed by atoms with Crippen molar-refractivity contribution in [2.24, 2.45) is 0 Å². The SMILES string of the molecule is CCCCCC(CC)(Pc1ccccc1C=O)c1cc(Cc2ccccc2)cc(Cc2ccccc2)c1OC. The van der Waals surface area contributed by atoms with E-state index in [4.69, 9.17) is 4.74 Å². The first-order chi connectivity index (χ1) is 19.1. The highest BCUT2D eigenvalue weighted by Crippen LogP contribution is 2.52. The van der Waals surface area contributed by atoms with Crippen molar-refractivity contribution in [3.8, 4) is 5.75 Å². The highest BCUT2D eigenvalue weighted by atomic mass is 31.1. The average Bonchev–Trinajstić information content (AvgIpc) is 2.98. The summed E-state index contributed by atoms with van der Waals surface area (Å²) in [5.74, 6) is 1.00. The van der Waals surface area contributed by atoms with Crippen molar-refractivity contribution in [1.82, 2.24) is 0 Å². The molecular formula is C36H41O2P. The summed E-state index contributed by atoms with van der Waals surface area (Å²) in [5.41, 5.74) is 7.22. The fourth-order valence-electron chi connectivity index (χ4n) is 5.60. The molecule has 2 nitrogen and oxygen atoms in total. The van der Waals surface area contributed by atoms with Crippen LogP contribution in [-0.2, 0) is 18.0 Å². The van der Waals surface area contributed by atoms with Gasteiger partial charge in [-0.3, -0.25) is 4.79 Å². The van der Waals surface area contributed by atoms with E-state index < -0.39 is 0 Å². The lowest BCUT2D eigenvalue weighted by Gasteiger charge is -2.36. The van der Waals surface area contributed by atoms with Crippen LogP contribution in [0.3, 0.4) is 0 Å². The molecule has 0 bridgehead atoms. The molecular weight excluding hydrogens is 495 g/mol. The standard InChI is InChI=1S/C36H41O2P/c1-4-6-15-22-36(5-2,39-34-21-14-13-20-31(34)27-37)33-26-30(23-28-16-9-7-10-17-28)25-32(35(33)38-3)24-29-18-11-8-12-19-29/h7-14,16-21,25-27,39H,4-6,15,22-24H2,1-3H3. The predicted octanol–water partition coefficient (Wildman–Crippen LogP) is 8.88. The summed E-state index contributed by atoms with van der Waals surface area (Å²) < 4.78 is 6.30. The molecule has 0 aliphatic rings. The Balaban J connectivity index is 1.90. The lowest BCUT2D eigenvalue weighted by molar-refractivity contribution is 0.112. The van der Waals surface area contributed by atoms with Crippen molar-refractivity contribution >= 4 is 20.2 Å². The maximum Gasteiger partial charge on any atom is 0.150 e. The molecule has 0 aliphatic heterocycles. The molecule has 0 saturated heterocycles. The number of aldehydes is 1. The Bertz CT molecular complexity index is 1330. The molecule has 4 aromatic carbocycles. The lowest BCUT2D eigenvalue weighted by atomic mass is 9.84. The third-order valence-electron chi connectivity index (χ3n) is 7.71. The molecule has 0 spiro atoms. The van der Waals surface area contributed by atoms with Crippen molar-refractivity contribution in [2.45, 2.75) is 63.9 Å². The number of ether oxygens (including phenoxy) is 1. The van der Waals surface area contributed by atoms with Crippen molar-refractivity contribution in [2.75, 3.05) is 7.11 Å². The molecule has 202 valence electrons. The number of carbonyl (C=O) groups excluding carboxylic acids is 1. The molecule has 0 amide bonds. The van der Waals surface area contributed by atoms with Crippen LogP contribution in [0.1, 0.15) is 84.1 Å². The van der Waals surface area contributed by atoms with Crippen LogP contribution in [0.5, 0.6) is 5.75 Å². The van der Waals surface area contributed by atoms with E-state index in [1.165, 1.54) is 40.7 Å². The first-order valence-electron chi connectivity index (χ1n) is 14.2. The first-order valence-corrected chi connectivity index (χ1v) is 15.2. The molecule has 0 fully saturated rings. The monoisotopic (exact) mass is 536 g/mol. The zero-order valence-electron chi connectivity index (χ0n) is 23.6. The van der Waals surface area contributed by atoms with E-state index in [1.807, 2.05) is 19.2 Å². The minimum atomic E-state index is -0.113. The van der Waals surface area contributed by atoms with Crippen LogP contribution in [0.25, 0.3) is 0 Å². The van der Waals surface area contributed by atoms with Gasteiger partial charge in [-0.2, -0.15) is 0 Å². The van der Waals surface area contributed by atoms with Gasteiger partial charge in [0.15, 0.2) is 6.29 Å². The number of hydrogen-bond donors (Lipinski definition) is 0. The molecule has 3 heteroatoms. The average molecular weight is 537 g/mol. The Morgan fingerprint density at radius 2 is 1.41 bits per heavy atom. The summed E-state index contributed by atoms with van der Waals surface area (Å²) in [7, 11) is 2.30. The van der Waals surface area contributed by atoms with Gasteiger partial charge in [0.05, 0.1) is 7.11 Å². The van der Waals surface area contributed by atoms with E-state index in [0.717, 1.165) is 55.0 Å². The number of hydrogen-bond acceptors (Lipinski definition) is 2. The van der Waals surface area contributed by atoms with Gasteiger partial charge in [0.1, 0.15) is 5.75 Å². The summed E-state index contributed by atoms with van der Waals surface area (Å²) in [4.78, 5) is 12.0. The van der Waals surface area contributed by atoms with Crippen LogP contribution in [0.2, 0.25) is 0 Å². The van der Waals surface area contributed by atoms with Gasteiger partial charge >= 0.3 is 0 Å². The minimum Gasteiger partial charge on any atom is -0.496 e. The number of carbonyl (C=O) groups is 1. The fraction of sp³-hybridized carbons (Fsp3) is 0.306. The predicted molar refractivity (Wildman–Crippen MR) is 167 cm³/mol. The molecule has 4 aromatic rings. The second-order valence-electron chi connectivity index (χ2n) is 10.4. The van der Waals surface area contributed by atoms with Crippen LogP contribution in [0, 0.1) is 0 Å². The van der Waals surface area contributed by atoms with Gasteiger partial charge in [-0.05, 0) is 46.8 Å². The Labute approximate surface area is 236 Å². The molecule has 2 atom stereocenters. The zero-order chi connectivity index (χ0) is 27.5. The van der Waals surface area contributed by atoms with Gasteiger partial charge in [0.25, 0.3) is 0 Å². The Hall–Kier alpha value is -3.22. The molecule has 4 rings (SSSR count). The Morgan fingerprint density at radius 1 is 0.769 bits per heavy atom. The molecule has 0 aromatic heterocycles. The summed E-state index contributed by atoms with van der Waals surface area (Å²) in [5, 5.41) is 1.03. The van der Waals surface area contributed by atoms with Crippen LogP contribution in [-0.4, -0.2) is 13.4 Å².